The van der Waals surface area contributed by atoms with Crippen LogP contribution in [0, 0.1) is 0 Å². The molecule has 0 fully saturated rings. The van der Waals surface area contributed by atoms with Crippen LogP contribution in [0.5, 0.6) is 0 Å². The zero-order valence-electron chi connectivity index (χ0n) is 11.6. The quantitative estimate of drug-likeness (QED) is 0.549. The number of esters is 1. The molecule has 2 N–H and O–H groups in total. The van der Waals surface area contributed by atoms with E-state index in [2.05, 4.69) is 6.92 Å². The first-order valence-corrected chi connectivity index (χ1v) is 6.82. The summed E-state index contributed by atoms with van der Waals surface area (Å²) < 4.78 is 10.5. The summed E-state index contributed by atoms with van der Waals surface area (Å²) in [7, 11) is 0. The molecule has 0 aliphatic rings. The molecule has 0 saturated carbocycles. The number of ether oxygens (including phenoxy) is 2. The standard InChI is InChI=1S/C15H23NO3/c1-2-3-10-18-11-12-19-15(17)14-7-5-4-6-13(14)8-9-16/h4-7H,2-3,8-12,16H2,1H3. The van der Waals surface area contributed by atoms with Crippen LogP contribution < -0.4 is 5.73 Å². The number of benzene rings is 1. The van der Waals surface area contributed by atoms with E-state index in [9.17, 15) is 4.79 Å². The third-order valence-electron chi connectivity index (χ3n) is 2.75. The molecule has 0 aliphatic heterocycles. The fourth-order valence-corrected chi connectivity index (χ4v) is 1.71. The number of unbranched alkanes of at least 4 members (excludes halogenated alkanes) is 1. The summed E-state index contributed by atoms with van der Waals surface area (Å²) in [5, 5.41) is 0. The first kappa shape index (κ1) is 15.7. The van der Waals surface area contributed by atoms with Crippen LogP contribution in [0.2, 0.25) is 0 Å². The third kappa shape index (κ3) is 5.85. The fourth-order valence-electron chi connectivity index (χ4n) is 1.71. The van der Waals surface area contributed by atoms with Gasteiger partial charge in [0, 0.05) is 6.61 Å². The highest BCUT2D eigenvalue weighted by Gasteiger charge is 2.11. The van der Waals surface area contributed by atoms with Gasteiger partial charge in [0.05, 0.1) is 12.2 Å². The maximum Gasteiger partial charge on any atom is 0.338 e. The molecule has 19 heavy (non-hydrogen) atoms. The van der Waals surface area contributed by atoms with Crippen molar-refractivity contribution in [3.05, 3.63) is 35.4 Å². The minimum atomic E-state index is -0.303. The van der Waals surface area contributed by atoms with Gasteiger partial charge in [0.1, 0.15) is 6.61 Å². The van der Waals surface area contributed by atoms with Gasteiger partial charge >= 0.3 is 5.97 Å². The molecule has 0 heterocycles. The zero-order chi connectivity index (χ0) is 13.9. The van der Waals surface area contributed by atoms with Crippen molar-refractivity contribution in [2.24, 2.45) is 5.73 Å². The van der Waals surface area contributed by atoms with Crippen molar-refractivity contribution in [2.45, 2.75) is 26.2 Å². The van der Waals surface area contributed by atoms with Crippen LogP contribution in [0.3, 0.4) is 0 Å². The smallest absolute Gasteiger partial charge is 0.338 e. The highest BCUT2D eigenvalue weighted by atomic mass is 16.6. The lowest BCUT2D eigenvalue weighted by Gasteiger charge is -2.09. The van der Waals surface area contributed by atoms with Gasteiger partial charge in [-0.3, -0.25) is 0 Å². The Bertz CT molecular complexity index is 379. The van der Waals surface area contributed by atoms with Gasteiger partial charge in [-0.2, -0.15) is 0 Å². The molecule has 1 rings (SSSR count). The topological polar surface area (TPSA) is 61.5 Å². The second-order valence-corrected chi connectivity index (χ2v) is 4.30. The van der Waals surface area contributed by atoms with Gasteiger partial charge in [-0.15, -0.1) is 0 Å². The highest BCUT2D eigenvalue weighted by Crippen LogP contribution is 2.10. The van der Waals surface area contributed by atoms with Crippen molar-refractivity contribution in [3.8, 4) is 0 Å². The molecular weight excluding hydrogens is 242 g/mol. The van der Waals surface area contributed by atoms with E-state index in [0.717, 1.165) is 25.0 Å². The molecular formula is C15H23NO3. The van der Waals surface area contributed by atoms with E-state index in [1.807, 2.05) is 18.2 Å². The van der Waals surface area contributed by atoms with Gasteiger partial charge in [-0.1, -0.05) is 31.5 Å². The predicted molar refractivity (Wildman–Crippen MR) is 75.2 cm³/mol. The average molecular weight is 265 g/mol. The molecule has 0 saturated heterocycles. The molecule has 0 radical (unpaired) electrons. The molecule has 0 amide bonds. The van der Waals surface area contributed by atoms with Gasteiger partial charge in [-0.05, 0) is 31.0 Å². The third-order valence-corrected chi connectivity index (χ3v) is 2.75. The van der Waals surface area contributed by atoms with Gasteiger partial charge in [0.2, 0.25) is 0 Å². The summed E-state index contributed by atoms with van der Waals surface area (Å²) in [5.41, 5.74) is 7.06. The summed E-state index contributed by atoms with van der Waals surface area (Å²) in [6.07, 6.45) is 2.82. The maximum atomic E-state index is 11.9. The Balaban J connectivity index is 2.36. The molecule has 0 aromatic heterocycles. The van der Waals surface area contributed by atoms with Crippen LogP contribution >= 0.6 is 0 Å². The fraction of sp³-hybridized carbons (Fsp3) is 0.533. The molecule has 4 nitrogen and oxygen atoms in total. The van der Waals surface area contributed by atoms with Crippen LogP contribution in [-0.4, -0.2) is 32.3 Å². The number of carbonyl (C=O) groups excluding carboxylic acids is 1. The summed E-state index contributed by atoms with van der Waals surface area (Å²) >= 11 is 0. The average Bonchev–Trinajstić information content (AvgIpc) is 2.43. The Labute approximate surface area is 114 Å². The van der Waals surface area contributed by atoms with E-state index < -0.39 is 0 Å². The lowest BCUT2D eigenvalue weighted by molar-refractivity contribution is 0.0313. The molecule has 106 valence electrons. The summed E-state index contributed by atoms with van der Waals surface area (Å²) in [6, 6.07) is 7.40. The second kappa shape index (κ2) is 9.53. The van der Waals surface area contributed by atoms with Crippen molar-refractivity contribution in [1.82, 2.24) is 0 Å². The zero-order valence-corrected chi connectivity index (χ0v) is 11.6. The number of hydrogen-bond donors (Lipinski definition) is 1. The SMILES string of the molecule is CCCCOCCOC(=O)c1ccccc1CCN. The van der Waals surface area contributed by atoms with Crippen molar-refractivity contribution in [1.29, 1.82) is 0 Å². The Morgan fingerprint density at radius 2 is 2.00 bits per heavy atom. The predicted octanol–water partition coefficient (Wildman–Crippen LogP) is 2.16. The minimum absolute atomic E-state index is 0.291. The number of rotatable bonds is 9. The van der Waals surface area contributed by atoms with Crippen LogP contribution in [0.4, 0.5) is 0 Å². The molecule has 0 atom stereocenters. The molecule has 0 aliphatic carbocycles. The highest BCUT2D eigenvalue weighted by molar-refractivity contribution is 5.91. The number of carbonyl (C=O) groups is 1. The number of nitrogens with two attached hydrogens (primary N) is 1. The molecule has 1 aromatic rings. The van der Waals surface area contributed by atoms with E-state index in [0.29, 0.717) is 31.7 Å². The van der Waals surface area contributed by atoms with Gasteiger partial charge in [-0.25, -0.2) is 4.79 Å². The first-order chi connectivity index (χ1) is 9.29. The first-order valence-electron chi connectivity index (χ1n) is 6.82. The van der Waals surface area contributed by atoms with Crippen molar-refractivity contribution < 1.29 is 14.3 Å². The lowest BCUT2D eigenvalue weighted by atomic mass is 10.1. The minimum Gasteiger partial charge on any atom is -0.460 e. The largest absolute Gasteiger partial charge is 0.460 e. The van der Waals surface area contributed by atoms with Gasteiger partial charge < -0.3 is 15.2 Å². The molecule has 1 aromatic carbocycles. The van der Waals surface area contributed by atoms with E-state index in [1.165, 1.54) is 0 Å². The number of hydrogen-bond acceptors (Lipinski definition) is 4. The Kier molecular flexibility index (Phi) is 7.86. The van der Waals surface area contributed by atoms with Crippen molar-refractivity contribution in [2.75, 3.05) is 26.4 Å². The van der Waals surface area contributed by atoms with Gasteiger partial charge in [0.25, 0.3) is 0 Å². The second-order valence-electron chi connectivity index (χ2n) is 4.30. The van der Waals surface area contributed by atoms with E-state index in [-0.39, 0.29) is 5.97 Å². The van der Waals surface area contributed by atoms with Crippen molar-refractivity contribution in [3.63, 3.8) is 0 Å². The Morgan fingerprint density at radius 1 is 1.21 bits per heavy atom. The maximum absolute atomic E-state index is 11.9. The molecule has 0 unspecified atom stereocenters. The Hall–Kier alpha value is -1.39. The monoisotopic (exact) mass is 265 g/mol. The van der Waals surface area contributed by atoms with Crippen molar-refractivity contribution >= 4 is 5.97 Å². The van der Waals surface area contributed by atoms with Crippen LogP contribution in [0.25, 0.3) is 0 Å². The van der Waals surface area contributed by atoms with E-state index >= 15 is 0 Å². The summed E-state index contributed by atoms with van der Waals surface area (Å²) in [4.78, 5) is 11.9. The molecule has 0 bridgehead atoms. The normalized spacial score (nSPS) is 10.4. The molecule has 0 spiro atoms. The Morgan fingerprint density at radius 3 is 2.74 bits per heavy atom. The van der Waals surface area contributed by atoms with Crippen LogP contribution in [-0.2, 0) is 15.9 Å². The molecule has 4 heteroatoms. The lowest BCUT2D eigenvalue weighted by Crippen LogP contribution is -2.14. The van der Waals surface area contributed by atoms with Crippen LogP contribution in [0.15, 0.2) is 24.3 Å². The van der Waals surface area contributed by atoms with Gasteiger partial charge in [0.15, 0.2) is 0 Å². The van der Waals surface area contributed by atoms with E-state index in [1.54, 1.807) is 6.07 Å². The summed E-state index contributed by atoms with van der Waals surface area (Å²) in [6.45, 7) is 4.09. The van der Waals surface area contributed by atoms with Crippen LogP contribution in [0.1, 0.15) is 35.7 Å². The summed E-state index contributed by atoms with van der Waals surface area (Å²) in [5.74, 6) is -0.303. The van der Waals surface area contributed by atoms with E-state index in [4.69, 9.17) is 15.2 Å².